The van der Waals surface area contributed by atoms with Crippen LogP contribution in [0.1, 0.15) is 18.9 Å². The Labute approximate surface area is 144 Å². The van der Waals surface area contributed by atoms with Crippen LogP contribution in [0.4, 0.5) is 0 Å². The molecule has 1 aromatic rings. The van der Waals surface area contributed by atoms with Crippen molar-refractivity contribution in [1.82, 2.24) is 9.80 Å². The zero-order valence-corrected chi connectivity index (χ0v) is 14.7. The number of hydrogen-bond acceptors (Lipinski definition) is 4. The van der Waals surface area contributed by atoms with Crippen LogP contribution in [0.5, 0.6) is 5.75 Å². The average molecular weight is 332 g/mol. The van der Waals surface area contributed by atoms with Crippen LogP contribution in [0, 0.1) is 5.92 Å². The number of hydrogen-bond donors (Lipinski definition) is 0. The summed E-state index contributed by atoms with van der Waals surface area (Å²) in [4.78, 5) is 16.8. The number of carbonyl (C=O) groups is 1. The summed E-state index contributed by atoms with van der Waals surface area (Å²) >= 11 is 0. The quantitative estimate of drug-likeness (QED) is 0.825. The standard InChI is InChI=1S/C19H28N2O3/c1-3-23-17-7-4-15(5-8-17)6-9-19(22)21-13-16-12-20(2)10-11-24-18(16)14-21/h4-5,7-8,16,18H,3,6,9-14H2,1-2H3/t16-,18+/m1/s1. The molecule has 5 nitrogen and oxygen atoms in total. The molecule has 2 heterocycles. The smallest absolute Gasteiger partial charge is 0.223 e. The van der Waals surface area contributed by atoms with E-state index in [9.17, 15) is 4.79 Å². The predicted molar refractivity (Wildman–Crippen MR) is 93.2 cm³/mol. The molecule has 2 aliphatic heterocycles. The van der Waals surface area contributed by atoms with Crippen molar-refractivity contribution in [3.8, 4) is 5.75 Å². The van der Waals surface area contributed by atoms with Gasteiger partial charge in [-0.25, -0.2) is 0 Å². The van der Waals surface area contributed by atoms with Gasteiger partial charge < -0.3 is 19.3 Å². The number of likely N-dealkylation sites (tertiary alicyclic amines) is 1. The Kier molecular flexibility index (Phi) is 5.74. The first-order valence-corrected chi connectivity index (χ1v) is 8.95. The maximum atomic E-state index is 12.5. The van der Waals surface area contributed by atoms with Gasteiger partial charge in [0.1, 0.15) is 5.75 Å². The molecule has 1 amide bonds. The number of aryl methyl sites for hydroxylation is 1. The van der Waals surface area contributed by atoms with Gasteiger partial charge in [-0.15, -0.1) is 0 Å². The number of carbonyl (C=O) groups excluding carboxylic acids is 1. The molecule has 2 atom stereocenters. The van der Waals surface area contributed by atoms with Crippen LogP contribution in [0.25, 0.3) is 0 Å². The number of amides is 1. The van der Waals surface area contributed by atoms with Gasteiger partial charge in [0.2, 0.25) is 5.91 Å². The number of nitrogens with zero attached hydrogens (tertiary/aromatic N) is 2. The molecule has 0 saturated carbocycles. The summed E-state index contributed by atoms with van der Waals surface area (Å²) in [6.45, 7) is 7.01. The molecule has 0 unspecified atom stereocenters. The number of ether oxygens (including phenoxy) is 2. The maximum absolute atomic E-state index is 12.5. The molecule has 2 fully saturated rings. The number of benzene rings is 1. The second-order valence-electron chi connectivity index (χ2n) is 6.81. The van der Waals surface area contributed by atoms with Crippen molar-refractivity contribution in [3.63, 3.8) is 0 Å². The van der Waals surface area contributed by atoms with Crippen LogP contribution < -0.4 is 4.74 Å². The first-order valence-electron chi connectivity index (χ1n) is 8.95. The minimum absolute atomic E-state index is 0.212. The lowest BCUT2D eigenvalue weighted by atomic mass is 10.1. The summed E-state index contributed by atoms with van der Waals surface area (Å²) in [6.07, 6.45) is 1.55. The summed E-state index contributed by atoms with van der Waals surface area (Å²) in [5.74, 6) is 1.57. The topological polar surface area (TPSA) is 42.0 Å². The summed E-state index contributed by atoms with van der Waals surface area (Å²) in [5, 5.41) is 0. The minimum Gasteiger partial charge on any atom is -0.494 e. The fraction of sp³-hybridized carbons (Fsp3) is 0.632. The normalized spacial score (nSPS) is 24.5. The van der Waals surface area contributed by atoms with Gasteiger partial charge in [-0.2, -0.15) is 0 Å². The highest BCUT2D eigenvalue weighted by Crippen LogP contribution is 2.24. The van der Waals surface area contributed by atoms with E-state index >= 15 is 0 Å². The first kappa shape index (κ1) is 17.2. The van der Waals surface area contributed by atoms with Crippen molar-refractivity contribution in [2.45, 2.75) is 25.9 Å². The second-order valence-corrected chi connectivity index (χ2v) is 6.81. The SMILES string of the molecule is CCOc1ccc(CCC(=O)N2C[C@H]3CN(C)CCO[C@H]3C2)cc1. The van der Waals surface area contributed by atoms with Gasteiger partial charge in [0.25, 0.3) is 0 Å². The van der Waals surface area contributed by atoms with Crippen molar-refractivity contribution in [2.24, 2.45) is 5.92 Å². The van der Waals surface area contributed by atoms with E-state index in [0.29, 0.717) is 18.9 Å². The van der Waals surface area contributed by atoms with Gasteiger partial charge in [-0.3, -0.25) is 4.79 Å². The van der Waals surface area contributed by atoms with Crippen LogP contribution in [0.3, 0.4) is 0 Å². The Bertz CT molecular complexity index is 546. The van der Waals surface area contributed by atoms with E-state index in [2.05, 4.69) is 11.9 Å². The third-order valence-electron chi connectivity index (χ3n) is 4.95. The third-order valence-corrected chi connectivity index (χ3v) is 4.95. The first-order chi connectivity index (χ1) is 11.7. The maximum Gasteiger partial charge on any atom is 0.223 e. The molecule has 3 rings (SSSR count). The van der Waals surface area contributed by atoms with E-state index in [1.165, 1.54) is 5.56 Å². The lowest BCUT2D eigenvalue weighted by molar-refractivity contribution is -0.130. The van der Waals surface area contributed by atoms with Crippen molar-refractivity contribution < 1.29 is 14.3 Å². The Morgan fingerprint density at radius 1 is 1.25 bits per heavy atom. The zero-order valence-electron chi connectivity index (χ0n) is 14.7. The van der Waals surface area contributed by atoms with Crippen LogP contribution in [-0.4, -0.2) is 68.3 Å². The van der Waals surface area contributed by atoms with Gasteiger partial charge >= 0.3 is 0 Å². The van der Waals surface area contributed by atoms with Crippen LogP contribution >= 0.6 is 0 Å². The summed E-state index contributed by atoms with van der Waals surface area (Å²) in [6, 6.07) is 8.04. The summed E-state index contributed by atoms with van der Waals surface area (Å²) in [7, 11) is 2.13. The molecule has 5 heteroatoms. The number of rotatable bonds is 5. The lowest BCUT2D eigenvalue weighted by Crippen LogP contribution is -2.32. The van der Waals surface area contributed by atoms with E-state index in [1.807, 2.05) is 36.1 Å². The van der Waals surface area contributed by atoms with Crippen molar-refractivity contribution >= 4 is 5.91 Å². The molecule has 132 valence electrons. The summed E-state index contributed by atoms with van der Waals surface area (Å²) < 4.78 is 11.4. The Morgan fingerprint density at radius 3 is 2.79 bits per heavy atom. The highest BCUT2D eigenvalue weighted by Gasteiger charge is 2.37. The van der Waals surface area contributed by atoms with Crippen molar-refractivity contribution in [2.75, 3.05) is 46.4 Å². The Hall–Kier alpha value is -1.59. The Morgan fingerprint density at radius 2 is 2.04 bits per heavy atom. The van der Waals surface area contributed by atoms with Gasteiger partial charge in [0, 0.05) is 38.5 Å². The Balaban J connectivity index is 1.49. The van der Waals surface area contributed by atoms with Crippen molar-refractivity contribution in [3.05, 3.63) is 29.8 Å². The molecule has 0 aliphatic carbocycles. The molecule has 0 bridgehead atoms. The van der Waals surface area contributed by atoms with Gasteiger partial charge in [0.05, 0.1) is 19.3 Å². The van der Waals surface area contributed by atoms with E-state index in [-0.39, 0.29) is 12.0 Å². The molecule has 2 saturated heterocycles. The summed E-state index contributed by atoms with van der Waals surface area (Å²) in [5.41, 5.74) is 1.18. The fourth-order valence-corrected chi connectivity index (χ4v) is 3.59. The molecule has 2 aliphatic rings. The predicted octanol–water partition coefficient (Wildman–Crippen LogP) is 1.81. The molecule has 24 heavy (non-hydrogen) atoms. The largest absolute Gasteiger partial charge is 0.494 e. The zero-order chi connectivity index (χ0) is 16.9. The molecule has 0 radical (unpaired) electrons. The van der Waals surface area contributed by atoms with Crippen LogP contribution in [0.15, 0.2) is 24.3 Å². The number of fused-ring (bicyclic) bond motifs is 1. The van der Waals surface area contributed by atoms with E-state index in [1.54, 1.807) is 0 Å². The monoisotopic (exact) mass is 332 g/mol. The molecule has 0 spiro atoms. The van der Waals surface area contributed by atoms with E-state index in [0.717, 1.165) is 45.0 Å². The minimum atomic E-state index is 0.212. The highest BCUT2D eigenvalue weighted by molar-refractivity contribution is 5.76. The molecule has 1 aromatic carbocycles. The van der Waals surface area contributed by atoms with Gasteiger partial charge in [-0.05, 0) is 38.1 Å². The van der Waals surface area contributed by atoms with Crippen molar-refractivity contribution in [1.29, 1.82) is 0 Å². The second kappa shape index (κ2) is 7.99. The van der Waals surface area contributed by atoms with Crippen LogP contribution in [0.2, 0.25) is 0 Å². The highest BCUT2D eigenvalue weighted by atomic mass is 16.5. The third kappa shape index (κ3) is 4.28. The molecule has 0 aromatic heterocycles. The average Bonchev–Trinajstić information content (AvgIpc) is 2.89. The molecular weight excluding hydrogens is 304 g/mol. The van der Waals surface area contributed by atoms with Gasteiger partial charge in [-0.1, -0.05) is 12.1 Å². The molecular formula is C19H28N2O3. The van der Waals surface area contributed by atoms with Crippen LogP contribution in [-0.2, 0) is 16.0 Å². The lowest BCUT2D eigenvalue weighted by Gasteiger charge is -2.19. The molecule has 0 N–H and O–H groups in total. The van der Waals surface area contributed by atoms with Gasteiger partial charge in [0.15, 0.2) is 0 Å². The van der Waals surface area contributed by atoms with E-state index in [4.69, 9.17) is 9.47 Å². The fourth-order valence-electron chi connectivity index (χ4n) is 3.59. The number of likely N-dealkylation sites (N-methyl/N-ethyl adjacent to an activating group) is 1. The van der Waals surface area contributed by atoms with E-state index < -0.39 is 0 Å².